The molecule has 1 N–H and O–H groups in total. The molecule has 3 rings (SSSR count). The van der Waals surface area contributed by atoms with Crippen molar-refractivity contribution in [3.05, 3.63) is 47.2 Å². The van der Waals surface area contributed by atoms with Crippen LogP contribution in [0.2, 0.25) is 0 Å². The minimum absolute atomic E-state index is 0.0142. The van der Waals surface area contributed by atoms with Crippen molar-refractivity contribution in [3.8, 4) is 0 Å². The van der Waals surface area contributed by atoms with Crippen LogP contribution in [-0.2, 0) is 20.8 Å². The Hall–Kier alpha value is -1.85. The van der Waals surface area contributed by atoms with Crippen LogP contribution in [0, 0.1) is 0 Å². The molecule has 136 valence electrons. The minimum Gasteiger partial charge on any atom is -0.498 e. The van der Waals surface area contributed by atoms with E-state index in [-0.39, 0.29) is 12.0 Å². The summed E-state index contributed by atoms with van der Waals surface area (Å²) < 4.78 is 11.4. The molecule has 0 aliphatic carbocycles. The van der Waals surface area contributed by atoms with E-state index in [1.165, 1.54) is 5.56 Å². The number of ether oxygens (including phenoxy) is 2. The van der Waals surface area contributed by atoms with Gasteiger partial charge in [-0.15, -0.1) is 0 Å². The van der Waals surface area contributed by atoms with E-state index in [9.17, 15) is 4.79 Å². The van der Waals surface area contributed by atoms with Gasteiger partial charge in [-0.2, -0.15) is 0 Å². The van der Waals surface area contributed by atoms with Gasteiger partial charge in [-0.1, -0.05) is 30.3 Å². The van der Waals surface area contributed by atoms with Gasteiger partial charge >= 0.3 is 0 Å². The summed E-state index contributed by atoms with van der Waals surface area (Å²) in [5.74, 6) is 0.746. The predicted octanol–water partition coefficient (Wildman–Crippen LogP) is 2.48. The van der Waals surface area contributed by atoms with E-state index in [0.29, 0.717) is 13.2 Å². The lowest BCUT2D eigenvalue weighted by molar-refractivity contribution is -0.118. The molecule has 0 unspecified atom stereocenters. The lowest BCUT2D eigenvalue weighted by Gasteiger charge is -2.24. The number of nitrogens with zero attached hydrogens (tertiary/aromatic N) is 1. The maximum Gasteiger partial charge on any atom is 0.250 e. The number of carbonyl (C=O) groups excluding carboxylic acids is 1. The molecule has 1 aromatic carbocycles. The Morgan fingerprint density at radius 2 is 2.08 bits per heavy atom. The number of carbonyl (C=O) groups is 1. The zero-order valence-electron chi connectivity index (χ0n) is 15.0. The minimum atomic E-state index is -0.0142. The first-order valence-electron chi connectivity index (χ1n) is 9.21. The van der Waals surface area contributed by atoms with Gasteiger partial charge in [-0.25, -0.2) is 0 Å². The van der Waals surface area contributed by atoms with Crippen LogP contribution in [0.5, 0.6) is 0 Å². The maximum absolute atomic E-state index is 12.4. The molecule has 0 saturated carbocycles. The molecule has 1 saturated heterocycles. The zero-order chi connectivity index (χ0) is 17.5. The smallest absolute Gasteiger partial charge is 0.250 e. The van der Waals surface area contributed by atoms with Crippen LogP contribution in [0.15, 0.2) is 41.7 Å². The third-order valence-corrected chi connectivity index (χ3v) is 4.76. The highest BCUT2D eigenvalue weighted by Gasteiger charge is 2.22. The normalized spacial score (nSPS) is 22.2. The Bertz CT molecular complexity index is 600. The highest BCUT2D eigenvalue weighted by Crippen LogP contribution is 2.18. The molecule has 25 heavy (non-hydrogen) atoms. The summed E-state index contributed by atoms with van der Waals surface area (Å²) in [7, 11) is 0. The van der Waals surface area contributed by atoms with Gasteiger partial charge in [-0.3, -0.25) is 9.69 Å². The SMILES string of the molecule is CC1=C(C(=O)NC[C@@H]2CN(Cc3ccccc3)CCCO2)CCCO1. The number of allylic oxidation sites excluding steroid dienone is 1. The second kappa shape index (κ2) is 9.02. The molecule has 0 aromatic heterocycles. The van der Waals surface area contributed by atoms with Crippen molar-refractivity contribution in [2.24, 2.45) is 0 Å². The van der Waals surface area contributed by atoms with Gasteiger partial charge < -0.3 is 14.8 Å². The van der Waals surface area contributed by atoms with Crippen molar-refractivity contribution >= 4 is 5.91 Å². The van der Waals surface area contributed by atoms with Crippen LogP contribution < -0.4 is 5.32 Å². The van der Waals surface area contributed by atoms with E-state index in [1.807, 2.05) is 13.0 Å². The summed E-state index contributed by atoms with van der Waals surface area (Å²) in [6, 6.07) is 10.5. The lowest BCUT2D eigenvalue weighted by Crippen LogP contribution is -2.40. The standard InChI is InChI=1S/C20H28N2O3/c1-16-19(9-5-11-24-16)20(23)21-13-18-15-22(10-6-12-25-18)14-17-7-3-2-4-8-17/h2-4,7-8,18H,5-6,9-15H2,1H3,(H,21,23)/t18-/m1/s1. The maximum atomic E-state index is 12.4. The molecule has 0 spiro atoms. The first-order chi connectivity index (χ1) is 12.2. The molecule has 0 bridgehead atoms. The fraction of sp³-hybridized carbons (Fsp3) is 0.550. The molecule has 1 amide bonds. The number of hydrogen-bond donors (Lipinski definition) is 1. The molecule has 2 aliphatic rings. The van der Waals surface area contributed by atoms with Crippen LogP contribution >= 0.6 is 0 Å². The zero-order valence-corrected chi connectivity index (χ0v) is 15.0. The van der Waals surface area contributed by atoms with Crippen molar-refractivity contribution in [1.82, 2.24) is 10.2 Å². The second-order valence-corrected chi connectivity index (χ2v) is 6.76. The lowest BCUT2D eigenvalue weighted by atomic mass is 10.1. The van der Waals surface area contributed by atoms with Crippen molar-refractivity contribution in [2.75, 3.05) is 32.8 Å². The van der Waals surface area contributed by atoms with Crippen LogP contribution in [-0.4, -0.2) is 49.8 Å². The molecular formula is C20H28N2O3. The number of benzene rings is 1. The quantitative estimate of drug-likeness (QED) is 0.892. The van der Waals surface area contributed by atoms with Crippen molar-refractivity contribution < 1.29 is 14.3 Å². The molecule has 0 radical (unpaired) electrons. The number of nitrogens with one attached hydrogen (secondary N) is 1. The Labute approximate surface area is 150 Å². The molecule has 1 atom stereocenters. The average molecular weight is 344 g/mol. The van der Waals surface area contributed by atoms with Crippen molar-refractivity contribution in [3.63, 3.8) is 0 Å². The van der Waals surface area contributed by atoms with Crippen LogP contribution in [0.4, 0.5) is 0 Å². The molecule has 2 heterocycles. The fourth-order valence-corrected chi connectivity index (χ4v) is 3.40. The molecule has 1 fully saturated rings. The van der Waals surface area contributed by atoms with Crippen LogP contribution in [0.1, 0.15) is 31.7 Å². The van der Waals surface area contributed by atoms with Gasteiger partial charge in [0.1, 0.15) is 5.76 Å². The molecule has 5 nitrogen and oxygen atoms in total. The fourth-order valence-electron chi connectivity index (χ4n) is 3.40. The third kappa shape index (κ3) is 5.31. The number of amides is 1. The highest BCUT2D eigenvalue weighted by molar-refractivity contribution is 5.93. The Kier molecular flexibility index (Phi) is 6.48. The van der Waals surface area contributed by atoms with Crippen molar-refractivity contribution in [1.29, 1.82) is 0 Å². The van der Waals surface area contributed by atoms with E-state index in [1.54, 1.807) is 0 Å². The van der Waals surface area contributed by atoms with Gasteiger partial charge in [0.05, 0.1) is 18.3 Å². The highest BCUT2D eigenvalue weighted by atomic mass is 16.5. The Morgan fingerprint density at radius 3 is 2.88 bits per heavy atom. The molecule has 2 aliphatic heterocycles. The second-order valence-electron chi connectivity index (χ2n) is 6.76. The van der Waals surface area contributed by atoms with E-state index in [2.05, 4.69) is 34.5 Å². The van der Waals surface area contributed by atoms with Crippen LogP contribution in [0.3, 0.4) is 0 Å². The Balaban J connectivity index is 1.52. The Morgan fingerprint density at radius 1 is 1.24 bits per heavy atom. The van der Waals surface area contributed by atoms with Gasteiger partial charge in [0, 0.05) is 32.8 Å². The van der Waals surface area contributed by atoms with Crippen molar-refractivity contribution in [2.45, 2.75) is 38.8 Å². The topological polar surface area (TPSA) is 50.8 Å². The van der Waals surface area contributed by atoms with E-state index >= 15 is 0 Å². The average Bonchev–Trinajstić information content (AvgIpc) is 2.86. The van der Waals surface area contributed by atoms with Crippen LogP contribution in [0.25, 0.3) is 0 Å². The number of hydrogen-bond acceptors (Lipinski definition) is 4. The van der Waals surface area contributed by atoms with E-state index in [0.717, 1.165) is 56.8 Å². The first kappa shape index (κ1) is 18.0. The summed E-state index contributed by atoms with van der Waals surface area (Å²) in [5, 5.41) is 3.04. The summed E-state index contributed by atoms with van der Waals surface area (Å²) in [6.07, 6.45) is 2.75. The molecule has 5 heteroatoms. The summed E-state index contributed by atoms with van der Waals surface area (Å²) in [6.45, 7) is 6.66. The molecule has 1 aromatic rings. The van der Waals surface area contributed by atoms with E-state index < -0.39 is 0 Å². The van der Waals surface area contributed by atoms with E-state index in [4.69, 9.17) is 9.47 Å². The molecular weight excluding hydrogens is 316 g/mol. The third-order valence-electron chi connectivity index (χ3n) is 4.76. The first-order valence-corrected chi connectivity index (χ1v) is 9.21. The summed E-state index contributed by atoms with van der Waals surface area (Å²) in [4.78, 5) is 14.8. The summed E-state index contributed by atoms with van der Waals surface area (Å²) in [5.41, 5.74) is 2.09. The summed E-state index contributed by atoms with van der Waals surface area (Å²) >= 11 is 0. The monoisotopic (exact) mass is 344 g/mol. The van der Waals surface area contributed by atoms with Gasteiger partial charge in [0.2, 0.25) is 0 Å². The predicted molar refractivity (Wildman–Crippen MR) is 97.0 cm³/mol. The largest absolute Gasteiger partial charge is 0.498 e. The van der Waals surface area contributed by atoms with Gasteiger partial charge in [0.25, 0.3) is 5.91 Å². The number of rotatable bonds is 5. The van der Waals surface area contributed by atoms with Gasteiger partial charge in [0.15, 0.2) is 0 Å². The van der Waals surface area contributed by atoms with Gasteiger partial charge in [-0.05, 0) is 31.7 Å².